The van der Waals surface area contributed by atoms with Crippen LogP contribution in [0.15, 0.2) is 73.3 Å². The summed E-state index contributed by atoms with van der Waals surface area (Å²) < 4.78 is 5.37. The highest BCUT2D eigenvalue weighted by molar-refractivity contribution is 5.90. The Morgan fingerprint density at radius 1 is 1.00 bits per heavy atom. The Hall–Kier alpha value is -4.10. The predicted octanol–water partition coefficient (Wildman–Crippen LogP) is 6.99. The van der Waals surface area contributed by atoms with E-state index in [-0.39, 0.29) is 5.97 Å². The number of benzene rings is 1. The van der Waals surface area contributed by atoms with Crippen molar-refractivity contribution in [1.82, 2.24) is 25.3 Å². The maximum atomic E-state index is 12.4. The van der Waals surface area contributed by atoms with E-state index in [1.54, 1.807) is 24.8 Å². The molecule has 39 heavy (non-hydrogen) atoms. The molecule has 0 aliphatic carbocycles. The lowest BCUT2D eigenvalue weighted by Crippen LogP contribution is -2.22. The SMILES string of the molecule is CC/C=C\C=C(/C)c1nc[nH]c1-c1ccc2ncc(-c3ccc(C(=O)OCCNCCCCC)cn3)cc2c1. The molecule has 0 spiro atoms. The number of hydrogen-bond acceptors (Lipinski definition) is 6. The van der Waals surface area contributed by atoms with Crippen LogP contribution in [0.2, 0.25) is 0 Å². The van der Waals surface area contributed by atoms with Gasteiger partial charge in [-0.2, -0.15) is 0 Å². The predicted molar refractivity (Wildman–Crippen MR) is 158 cm³/mol. The fourth-order valence-electron chi connectivity index (χ4n) is 4.28. The molecule has 0 bridgehead atoms. The van der Waals surface area contributed by atoms with Crippen LogP contribution < -0.4 is 5.32 Å². The van der Waals surface area contributed by atoms with Gasteiger partial charge in [0.1, 0.15) is 6.61 Å². The summed E-state index contributed by atoms with van der Waals surface area (Å²) in [4.78, 5) is 29.4. The smallest absolute Gasteiger partial charge is 0.339 e. The second-order valence-corrected chi connectivity index (χ2v) is 9.47. The van der Waals surface area contributed by atoms with E-state index >= 15 is 0 Å². The highest BCUT2D eigenvalue weighted by Crippen LogP contribution is 2.29. The number of carbonyl (C=O) groups is 1. The molecule has 0 aliphatic rings. The highest BCUT2D eigenvalue weighted by atomic mass is 16.5. The topological polar surface area (TPSA) is 92.8 Å². The number of H-pyrrole nitrogens is 1. The summed E-state index contributed by atoms with van der Waals surface area (Å²) in [6, 6.07) is 11.8. The summed E-state index contributed by atoms with van der Waals surface area (Å²) in [7, 11) is 0. The van der Waals surface area contributed by atoms with Gasteiger partial charge in [0.25, 0.3) is 0 Å². The number of carbonyl (C=O) groups excluding carboxylic acids is 1. The molecule has 0 radical (unpaired) electrons. The number of allylic oxidation sites excluding steroid dienone is 4. The van der Waals surface area contributed by atoms with E-state index in [2.05, 4.69) is 82.5 Å². The summed E-state index contributed by atoms with van der Waals surface area (Å²) in [5.74, 6) is -0.365. The van der Waals surface area contributed by atoms with Crippen molar-refractivity contribution in [3.05, 3.63) is 84.6 Å². The number of rotatable bonds is 13. The maximum Gasteiger partial charge on any atom is 0.339 e. The minimum absolute atomic E-state index is 0.340. The fraction of sp³-hybridized carbons (Fsp3) is 0.312. The second kappa shape index (κ2) is 14.2. The van der Waals surface area contributed by atoms with Crippen molar-refractivity contribution in [2.75, 3.05) is 19.7 Å². The second-order valence-electron chi connectivity index (χ2n) is 9.47. The van der Waals surface area contributed by atoms with Gasteiger partial charge in [0.05, 0.1) is 34.5 Å². The molecule has 3 aromatic heterocycles. The quantitative estimate of drug-likeness (QED) is 0.111. The first-order valence-corrected chi connectivity index (χ1v) is 13.7. The number of imidazole rings is 1. The van der Waals surface area contributed by atoms with Crippen molar-refractivity contribution in [1.29, 1.82) is 0 Å². The lowest BCUT2D eigenvalue weighted by atomic mass is 10.0. The molecule has 2 N–H and O–H groups in total. The molecule has 1 aromatic carbocycles. The third-order valence-electron chi connectivity index (χ3n) is 6.46. The van der Waals surface area contributed by atoms with Crippen molar-refractivity contribution in [2.45, 2.75) is 46.5 Å². The van der Waals surface area contributed by atoms with Gasteiger partial charge in [-0.3, -0.25) is 9.97 Å². The number of fused-ring (bicyclic) bond motifs is 1. The van der Waals surface area contributed by atoms with Crippen molar-refractivity contribution in [3.63, 3.8) is 0 Å². The molecule has 0 atom stereocenters. The van der Waals surface area contributed by atoms with Crippen molar-refractivity contribution >= 4 is 22.4 Å². The summed E-state index contributed by atoms with van der Waals surface area (Å²) in [6.07, 6.45) is 15.9. The third kappa shape index (κ3) is 7.48. The van der Waals surface area contributed by atoms with Gasteiger partial charge in [-0.1, -0.05) is 51.0 Å². The lowest BCUT2D eigenvalue weighted by molar-refractivity contribution is 0.0508. The Balaban J connectivity index is 1.46. The number of hydrogen-bond donors (Lipinski definition) is 2. The molecule has 7 nitrogen and oxygen atoms in total. The van der Waals surface area contributed by atoms with E-state index < -0.39 is 0 Å². The number of pyridine rings is 2. The largest absolute Gasteiger partial charge is 0.461 e. The first-order chi connectivity index (χ1) is 19.1. The Labute approximate surface area is 230 Å². The highest BCUT2D eigenvalue weighted by Gasteiger charge is 2.12. The van der Waals surface area contributed by atoms with Gasteiger partial charge in [0.2, 0.25) is 0 Å². The number of aromatic amines is 1. The average molecular weight is 524 g/mol. The maximum absolute atomic E-state index is 12.4. The molecule has 4 rings (SSSR count). The Morgan fingerprint density at radius 3 is 2.67 bits per heavy atom. The van der Waals surface area contributed by atoms with Gasteiger partial charge < -0.3 is 15.0 Å². The number of aromatic nitrogens is 4. The molecule has 0 aliphatic heterocycles. The Bertz CT molecular complexity index is 1440. The number of ether oxygens (including phenoxy) is 1. The monoisotopic (exact) mass is 523 g/mol. The normalized spacial score (nSPS) is 11.9. The van der Waals surface area contributed by atoms with Crippen LogP contribution in [0.5, 0.6) is 0 Å². The number of nitrogens with one attached hydrogen (secondary N) is 2. The van der Waals surface area contributed by atoms with Crippen LogP contribution in [0.25, 0.3) is 39.0 Å². The van der Waals surface area contributed by atoms with E-state index in [0.717, 1.165) is 64.1 Å². The van der Waals surface area contributed by atoms with E-state index in [9.17, 15) is 4.79 Å². The molecule has 0 saturated heterocycles. The summed E-state index contributed by atoms with van der Waals surface area (Å²) >= 11 is 0. The molecule has 7 heteroatoms. The Kier molecular flexibility index (Phi) is 10.1. The van der Waals surface area contributed by atoms with Crippen molar-refractivity contribution in [3.8, 4) is 22.5 Å². The van der Waals surface area contributed by atoms with Gasteiger partial charge in [-0.05, 0) is 62.2 Å². The summed E-state index contributed by atoms with van der Waals surface area (Å²) in [5, 5.41) is 4.29. The van der Waals surface area contributed by atoms with Gasteiger partial charge in [-0.25, -0.2) is 9.78 Å². The minimum atomic E-state index is -0.365. The molecular formula is C32H37N5O2. The van der Waals surface area contributed by atoms with Crippen molar-refractivity contribution in [2.24, 2.45) is 0 Å². The molecule has 0 fully saturated rings. The average Bonchev–Trinajstić information content (AvgIpc) is 3.46. The molecule has 0 unspecified atom stereocenters. The van der Waals surface area contributed by atoms with Gasteiger partial charge >= 0.3 is 5.97 Å². The van der Waals surface area contributed by atoms with Crippen LogP contribution in [0.1, 0.15) is 62.5 Å². The van der Waals surface area contributed by atoms with E-state index in [4.69, 9.17) is 4.74 Å². The van der Waals surface area contributed by atoms with Crippen LogP contribution in [0.3, 0.4) is 0 Å². The molecule has 3 heterocycles. The van der Waals surface area contributed by atoms with E-state index in [1.165, 1.54) is 12.8 Å². The van der Waals surface area contributed by atoms with E-state index in [0.29, 0.717) is 18.7 Å². The zero-order valence-electron chi connectivity index (χ0n) is 23.0. The minimum Gasteiger partial charge on any atom is -0.461 e. The van der Waals surface area contributed by atoms with Crippen molar-refractivity contribution < 1.29 is 9.53 Å². The zero-order valence-corrected chi connectivity index (χ0v) is 23.0. The molecule has 202 valence electrons. The standard InChI is InChI=1S/C32H37N5O2/c1-4-6-8-10-23(3)30-31(37-22-36-30)24-11-13-28-26(18-24)19-27(21-35-28)29-14-12-25(20-34-29)32(38)39-17-16-33-15-9-7-5-2/h6,8,10-14,18-22,33H,4-5,7,9,15-17H2,1-3H3,(H,36,37)/b8-6-,23-10+. The Morgan fingerprint density at radius 2 is 1.87 bits per heavy atom. The summed E-state index contributed by atoms with van der Waals surface area (Å²) in [5.41, 5.74) is 6.97. The number of unbranched alkanes of at least 4 members (excludes halogenated alkanes) is 2. The van der Waals surface area contributed by atoms with Crippen LogP contribution in [0, 0.1) is 0 Å². The first-order valence-electron chi connectivity index (χ1n) is 13.7. The summed E-state index contributed by atoms with van der Waals surface area (Å²) in [6.45, 7) is 8.30. The fourth-order valence-corrected chi connectivity index (χ4v) is 4.28. The lowest BCUT2D eigenvalue weighted by Gasteiger charge is -2.08. The van der Waals surface area contributed by atoms with E-state index in [1.807, 2.05) is 12.1 Å². The molecule has 0 saturated carbocycles. The van der Waals surface area contributed by atoms with Crippen LogP contribution in [0.4, 0.5) is 0 Å². The van der Waals surface area contributed by atoms with Gasteiger partial charge in [0.15, 0.2) is 0 Å². The van der Waals surface area contributed by atoms with Gasteiger partial charge in [-0.15, -0.1) is 0 Å². The molecule has 0 amide bonds. The van der Waals surface area contributed by atoms with Crippen LogP contribution in [-0.4, -0.2) is 45.6 Å². The number of esters is 1. The van der Waals surface area contributed by atoms with Crippen LogP contribution in [-0.2, 0) is 4.74 Å². The molecular weight excluding hydrogens is 486 g/mol. The first kappa shape index (κ1) is 27.9. The van der Waals surface area contributed by atoms with Gasteiger partial charge in [0, 0.05) is 35.5 Å². The molecule has 4 aromatic rings. The zero-order chi connectivity index (χ0) is 27.5. The van der Waals surface area contributed by atoms with Crippen LogP contribution >= 0.6 is 0 Å². The number of nitrogens with zero attached hydrogens (tertiary/aromatic N) is 3. The third-order valence-corrected chi connectivity index (χ3v) is 6.46.